The van der Waals surface area contributed by atoms with Gasteiger partial charge in [-0.25, -0.2) is 0 Å². The summed E-state index contributed by atoms with van der Waals surface area (Å²) in [5.41, 5.74) is 2.82. The Bertz CT molecular complexity index is 2700. The third kappa shape index (κ3) is 15.3. The van der Waals surface area contributed by atoms with Crippen LogP contribution in [0.15, 0.2) is 243 Å². The Morgan fingerprint density at radius 1 is 0.408 bits per heavy atom. The molecule has 8 aromatic rings. The molecule has 9 heteroatoms. The van der Waals surface area contributed by atoms with Crippen LogP contribution in [0.4, 0.5) is 0 Å². The maximum absolute atomic E-state index is 5.57. The van der Waals surface area contributed by atoms with E-state index in [9.17, 15) is 0 Å². The maximum Gasteiger partial charge on any atom is 0.0626 e. The number of likely N-dealkylation sites (N-methyl/N-ethyl adjacent to an activating group) is 3. The monoisotopic (exact) mass is 1060 g/mol. The van der Waals surface area contributed by atoms with Crippen LogP contribution in [0.3, 0.4) is 0 Å². The van der Waals surface area contributed by atoms with Crippen molar-refractivity contribution >= 4 is 56.0 Å². The number of benzene rings is 8. The Labute approximate surface area is 460 Å². The van der Waals surface area contributed by atoms with Crippen LogP contribution in [0.2, 0.25) is 0 Å². The second-order valence-electron chi connectivity index (χ2n) is 19.9. The summed E-state index contributed by atoms with van der Waals surface area (Å²) in [5, 5.41) is 8.54. The van der Waals surface area contributed by atoms with Crippen molar-refractivity contribution in [1.82, 2.24) is 23.8 Å². The molecule has 3 fully saturated rings. The zero-order valence-electron chi connectivity index (χ0n) is 44.5. The van der Waals surface area contributed by atoms with E-state index in [1.54, 1.807) is 0 Å². The first-order chi connectivity index (χ1) is 36.9. The van der Waals surface area contributed by atoms with Crippen LogP contribution in [-0.4, -0.2) is 102 Å². The van der Waals surface area contributed by atoms with E-state index in [0.29, 0.717) is 24.2 Å². The molecule has 8 aromatic carbocycles. The molecule has 0 N–H and O–H groups in total. The van der Waals surface area contributed by atoms with E-state index in [-0.39, 0.29) is 7.43 Å². The van der Waals surface area contributed by atoms with Gasteiger partial charge in [0.2, 0.25) is 0 Å². The normalized spacial score (nSPS) is 18.7. The lowest BCUT2D eigenvalue weighted by atomic mass is 10.1. The first-order valence-corrected chi connectivity index (χ1v) is 30.8. The standard InChI is InChI=1S/C25H29N2P.C24H27N2P.C17H20NOP.CH4/c1-21-25(18-19-27(21)20-22-12-6-3-7-13-22)26(2)28(23-14-8-4-9-15-23)24-16-10-5-11-17-24;1-25(22-17-18-26(20-22)19-21-11-5-2-6-12-21)27(23-13-7-3-8-14-23)24-15-9-4-10-16-24;1-18(15-12-13-19-14-15)20(16-8-4-2-5-9-16)17-10-6-3-7-11-17;/h3-17,21,25H,18-20H2,1-2H3;2-16,22H,17-20H2,1H3;2-11,15H,12-14H2,1H3;1H4/t21-,25-;;;/m1.../s1. The largest absolute Gasteiger partial charge is 0.380 e. The Kier molecular flexibility index (Phi) is 22.1. The van der Waals surface area contributed by atoms with Crippen molar-refractivity contribution in [2.45, 2.75) is 70.9 Å². The second kappa shape index (κ2) is 29.5. The lowest BCUT2D eigenvalue weighted by Crippen LogP contribution is -2.41. The Morgan fingerprint density at radius 2 is 0.750 bits per heavy atom. The van der Waals surface area contributed by atoms with Gasteiger partial charge in [0.1, 0.15) is 0 Å². The molecule has 0 saturated carbocycles. The minimum atomic E-state index is -0.521. The van der Waals surface area contributed by atoms with Crippen LogP contribution in [-0.2, 0) is 17.8 Å². The highest BCUT2D eigenvalue weighted by Crippen LogP contribution is 2.44. The zero-order chi connectivity index (χ0) is 51.6. The Hall–Kier alpha value is -5.19. The van der Waals surface area contributed by atoms with Gasteiger partial charge in [0.25, 0.3) is 0 Å². The first kappa shape index (κ1) is 57.0. The predicted octanol–water partition coefficient (Wildman–Crippen LogP) is 12.3. The number of rotatable bonds is 16. The molecule has 3 aliphatic heterocycles. The lowest BCUT2D eigenvalue weighted by Gasteiger charge is -2.37. The summed E-state index contributed by atoms with van der Waals surface area (Å²) in [7, 11) is 5.41. The minimum absolute atomic E-state index is 0. The number of nitrogens with zero attached hydrogens (tertiary/aromatic N) is 5. The van der Waals surface area contributed by atoms with Gasteiger partial charge in [0.05, 0.1) is 6.61 Å². The van der Waals surface area contributed by atoms with Crippen molar-refractivity contribution in [1.29, 1.82) is 0 Å². The van der Waals surface area contributed by atoms with E-state index in [2.05, 4.69) is 295 Å². The smallest absolute Gasteiger partial charge is 0.0626 e. The highest BCUT2D eigenvalue weighted by molar-refractivity contribution is 7.71. The van der Waals surface area contributed by atoms with Gasteiger partial charge in [-0.05, 0) is 90.3 Å². The number of likely N-dealkylation sites (tertiary alicyclic amines) is 2. The van der Waals surface area contributed by atoms with Gasteiger partial charge in [-0.1, -0.05) is 250 Å². The molecule has 11 rings (SSSR count). The molecule has 76 heavy (non-hydrogen) atoms. The van der Waals surface area contributed by atoms with E-state index in [1.807, 2.05) is 0 Å². The summed E-state index contributed by atoms with van der Waals surface area (Å²) >= 11 is 0. The van der Waals surface area contributed by atoms with Crippen molar-refractivity contribution in [3.8, 4) is 0 Å². The summed E-state index contributed by atoms with van der Waals surface area (Å²) in [6.45, 7) is 9.73. The molecule has 4 atom stereocenters. The molecule has 0 amide bonds. The summed E-state index contributed by atoms with van der Waals surface area (Å²) < 4.78 is 13.4. The fraction of sp³-hybridized carbons (Fsp3) is 0.284. The molecular formula is C67H80N5OP3. The summed E-state index contributed by atoms with van der Waals surface area (Å²) in [6.07, 6.45) is 3.60. The minimum Gasteiger partial charge on any atom is -0.380 e. The molecule has 2 unspecified atom stereocenters. The average Bonchev–Trinajstić information content (AvgIpc) is 4.27. The van der Waals surface area contributed by atoms with Gasteiger partial charge in [-0.2, -0.15) is 0 Å². The lowest BCUT2D eigenvalue weighted by molar-refractivity contribution is 0.182. The molecule has 0 radical (unpaired) electrons. The third-order valence-electron chi connectivity index (χ3n) is 15.0. The molecular weight excluding hydrogens is 984 g/mol. The Balaban J connectivity index is 0.000000152. The maximum atomic E-state index is 5.57. The van der Waals surface area contributed by atoms with Crippen LogP contribution in [0.5, 0.6) is 0 Å². The van der Waals surface area contributed by atoms with E-state index in [1.165, 1.54) is 62.3 Å². The molecule has 3 aliphatic rings. The second-order valence-corrected chi connectivity index (χ2v) is 26.8. The zero-order valence-corrected chi connectivity index (χ0v) is 47.1. The molecule has 0 aliphatic carbocycles. The Morgan fingerprint density at radius 3 is 1.12 bits per heavy atom. The molecule has 3 saturated heterocycles. The van der Waals surface area contributed by atoms with Crippen molar-refractivity contribution in [3.05, 3.63) is 254 Å². The van der Waals surface area contributed by atoms with Crippen molar-refractivity contribution in [2.24, 2.45) is 0 Å². The van der Waals surface area contributed by atoms with Gasteiger partial charge in [0.15, 0.2) is 0 Å². The topological polar surface area (TPSA) is 25.4 Å². The number of hydrogen-bond donors (Lipinski definition) is 0. The average molecular weight is 1060 g/mol. The molecule has 0 spiro atoms. The molecule has 0 bridgehead atoms. The molecule has 394 valence electrons. The van der Waals surface area contributed by atoms with Crippen LogP contribution in [0, 0.1) is 0 Å². The van der Waals surface area contributed by atoms with Crippen molar-refractivity contribution in [3.63, 3.8) is 0 Å². The van der Waals surface area contributed by atoms with Crippen molar-refractivity contribution < 1.29 is 4.74 Å². The summed E-state index contributed by atoms with van der Waals surface area (Å²) in [6, 6.07) is 89.7. The highest BCUT2D eigenvalue weighted by atomic mass is 31.1. The fourth-order valence-electron chi connectivity index (χ4n) is 10.9. The predicted molar refractivity (Wildman–Crippen MR) is 331 cm³/mol. The number of ether oxygens (including phenoxy) is 1. The molecule has 3 heterocycles. The van der Waals surface area contributed by atoms with Gasteiger partial charge >= 0.3 is 0 Å². The van der Waals surface area contributed by atoms with Gasteiger partial charge in [-0.3, -0.25) is 23.8 Å². The van der Waals surface area contributed by atoms with E-state index in [4.69, 9.17) is 4.74 Å². The van der Waals surface area contributed by atoms with Crippen LogP contribution < -0.4 is 31.8 Å². The van der Waals surface area contributed by atoms with Crippen molar-refractivity contribution in [2.75, 3.05) is 54.0 Å². The molecule has 6 nitrogen and oxygen atoms in total. The van der Waals surface area contributed by atoms with Gasteiger partial charge in [0, 0.05) is 87.7 Å². The summed E-state index contributed by atoms with van der Waals surface area (Å²) in [4.78, 5) is 5.24. The van der Waals surface area contributed by atoms with Crippen LogP contribution >= 0.6 is 24.2 Å². The summed E-state index contributed by atoms with van der Waals surface area (Å²) in [5.74, 6) is 0. The first-order valence-electron chi connectivity index (χ1n) is 26.9. The number of hydrogen-bond acceptors (Lipinski definition) is 6. The van der Waals surface area contributed by atoms with Gasteiger partial charge in [-0.15, -0.1) is 0 Å². The highest BCUT2D eigenvalue weighted by Gasteiger charge is 2.37. The van der Waals surface area contributed by atoms with Crippen LogP contribution in [0.25, 0.3) is 0 Å². The van der Waals surface area contributed by atoms with Gasteiger partial charge < -0.3 is 4.74 Å². The van der Waals surface area contributed by atoms with Crippen LogP contribution in [0.1, 0.15) is 44.7 Å². The SMILES string of the molecule is C.CN(C1CCN(Cc2ccccc2)C1)P(c1ccccc1)c1ccccc1.CN(C1CCOC1)P(c1ccccc1)c1ccccc1.C[C@@H]1[C@H](N(C)P(c2ccccc2)c2ccccc2)CCN1Cc1ccccc1. The fourth-order valence-corrected chi connectivity index (χ4v) is 18.3. The van der Waals surface area contributed by atoms with E-state index >= 15 is 0 Å². The quantitative estimate of drug-likeness (QED) is 0.0895. The van der Waals surface area contributed by atoms with E-state index < -0.39 is 24.2 Å². The van der Waals surface area contributed by atoms with E-state index in [0.717, 1.165) is 45.8 Å². The third-order valence-corrected chi connectivity index (χ3v) is 22.5. The molecule has 0 aromatic heterocycles.